The molecule has 0 aromatic heterocycles. The summed E-state index contributed by atoms with van der Waals surface area (Å²) in [6.45, 7) is 0. The molecule has 1 atom stereocenters. The Morgan fingerprint density at radius 2 is 2.00 bits per heavy atom. The minimum absolute atomic E-state index is 0.358. The molecule has 2 amide bonds. The van der Waals surface area contributed by atoms with E-state index in [0.717, 1.165) is 17.3 Å². The third kappa shape index (κ3) is 2.62. The van der Waals surface area contributed by atoms with Gasteiger partial charge in [0.15, 0.2) is 5.37 Å². The highest BCUT2D eigenvalue weighted by Crippen LogP contribution is 2.19. The summed E-state index contributed by atoms with van der Waals surface area (Å²) in [5.74, 6) is -0.375. The molecule has 1 N–H and O–H groups in total. The van der Waals surface area contributed by atoms with Crippen LogP contribution in [0.3, 0.4) is 0 Å². The smallest absolute Gasteiger partial charge is 0.284 e. The van der Waals surface area contributed by atoms with Gasteiger partial charge in [0.05, 0.1) is 0 Å². The van der Waals surface area contributed by atoms with E-state index < -0.39 is 5.37 Å². The molecular weight excluding hydrogens is 248 g/mol. The van der Waals surface area contributed by atoms with E-state index in [9.17, 15) is 9.59 Å². The van der Waals surface area contributed by atoms with E-state index in [2.05, 4.69) is 10.3 Å². The van der Waals surface area contributed by atoms with Crippen molar-refractivity contribution in [1.82, 2.24) is 5.32 Å². The van der Waals surface area contributed by atoms with Crippen LogP contribution in [0.5, 0.6) is 0 Å². The predicted molar refractivity (Wildman–Crippen MR) is 64.0 cm³/mol. The number of thioether (sulfide) groups is 1. The van der Waals surface area contributed by atoms with Crippen molar-refractivity contribution in [1.29, 1.82) is 0 Å². The van der Waals surface area contributed by atoms with Gasteiger partial charge < -0.3 is 0 Å². The fourth-order valence-corrected chi connectivity index (χ4v) is 1.92. The number of rotatable bonds is 2. The van der Waals surface area contributed by atoms with E-state index in [4.69, 9.17) is 11.6 Å². The Morgan fingerprint density at radius 1 is 1.31 bits per heavy atom. The van der Waals surface area contributed by atoms with Crippen LogP contribution in [0.15, 0.2) is 29.3 Å². The summed E-state index contributed by atoms with van der Waals surface area (Å²) >= 11 is 6.60. The summed E-state index contributed by atoms with van der Waals surface area (Å²) in [6, 6.07) is 7.03. The van der Waals surface area contributed by atoms with Crippen molar-refractivity contribution < 1.29 is 9.59 Å². The summed E-state index contributed by atoms with van der Waals surface area (Å²) < 4.78 is 0. The van der Waals surface area contributed by atoms with E-state index in [0.29, 0.717) is 5.02 Å². The summed E-state index contributed by atoms with van der Waals surface area (Å²) in [5, 5.41) is 1.77. The molecule has 0 spiro atoms. The second kappa shape index (κ2) is 4.67. The minimum atomic E-state index is -0.678. The molecule has 6 heteroatoms. The quantitative estimate of drug-likeness (QED) is 0.822. The van der Waals surface area contributed by atoms with Gasteiger partial charge in [-0.25, -0.2) is 0 Å². The minimum Gasteiger partial charge on any atom is -0.284 e. The predicted octanol–water partition coefficient (Wildman–Crippen LogP) is 2.07. The van der Waals surface area contributed by atoms with Gasteiger partial charge in [-0.2, -0.15) is 0 Å². The van der Waals surface area contributed by atoms with Crippen LogP contribution in [0.1, 0.15) is 5.56 Å². The largest absolute Gasteiger partial charge is 0.288 e. The van der Waals surface area contributed by atoms with Gasteiger partial charge in [-0.3, -0.25) is 19.9 Å². The maximum absolute atomic E-state index is 11.2. The van der Waals surface area contributed by atoms with E-state index in [1.54, 1.807) is 30.5 Å². The molecule has 1 aliphatic rings. The van der Waals surface area contributed by atoms with Crippen LogP contribution in [0, 0.1) is 0 Å². The van der Waals surface area contributed by atoms with Crippen molar-refractivity contribution in [2.45, 2.75) is 5.37 Å². The van der Waals surface area contributed by atoms with Crippen LogP contribution in [0.2, 0.25) is 5.02 Å². The van der Waals surface area contributed by atoms with Crippen LogP contribution in [0.25, 0.3) is 0 Å². The molecule has 1 aromatic carbocycles. The van der Waals surface area contributed by atoms with E-state index in [1.807, 2.05) is 0 Å². The molecule has 0 aliphatic carbocycles. The maximum atomic E-state index is 11.2. The van der Waals surface area contributed by atoms with Crippen LogP contribution in [0.4, 0.5) is 4.79 Å². The normalized spacial score (nSPS) is 20.4. The number of halogens is 1. The number of carbonyl (C=O) groups excluding carboxylic acids is 2. The van der Waals surface area contributed by atoms with Crippen molar-refractivity contribution >= 4 is 40.7 Å². The molecule has 82 valence electrons. The summed E-state index contributed by atoms with van der Waals surface area (Å²) in [5.41, 5.74) is 0.831. The molecule has 1 heterocycles. The molecule has 1 saturated heterocycles. The fraction of sp³-hybridized carbons (Fsp3) is 0.100. The van der Waals surface area contributed by atoms with Crippen LogP contribution < -0.4 is 5.32 Å². The third-order valence-electron chi connectivity index (χ3n) is 1.90. The molecular formula is C10H7ClN2O2S. The zero-order chi connectivity index (χ0) is 11.5. The number of carbonyl (C=O) groups is 2. The topological polar surface area (TPSA) is 58.5 Å². The summed E-state index contributed by atoms with van der Waals surface area (Å²) in [6.07, 6.45) is 1.55. The van der Waals surface area contributed by atoms with E-state index in [1.165, 1.54) is 0 Å². The summed E-state index contributed by atoms with van der Waals surface area (Å²) in [4.78, 5) is 26.0. The molecule has 1 aromatic rings. The first-order valence-corrected chi connectivity index (χ1v) is 5.71. The fourth-order valence-electron chi connectivity index (χ4n) is 1.15. The molecule has 0 saturated carbocycles. The number of hydrogen-bond acceptors (Lipinski definition) is 4. The SMILES string of the molecule is O=C1NC(=O)C(N=Cc2ccc(Cl)cc2)S1. The highest BCUT2D eigenvalue weighted by Gasteiger charge is 2.30. The van der Waals surface area contributed by atoms with Gasteiger partial charge in [0.2, 0.25) is 0 Å². The van der Waals surface area contributed by atoms with Gasteiger partial charge in [0, 0.05) is 11.2 Å². The number of benzene rings is 1. The Labute approximate surface area is 101 Å². The summed E-state index contributed by atoms with van der Waals surface area (Å²) in [7, 11) is 0. The zero-order valence-electron chi connectivity index (χ0n) is 8.01. The molecule has 4 nitrogen and oxygen atoms in total. The Hall–Kier alpha value is -1.33. The third-order valence-corrected chi connectivity index (χ3v) is 3.02. The second-order valence-electron chi connectivity index (χ2n) is 3.08. The lowest BCUT2D eigenvalue weighted by Gasteiger charge is -1.97. The van der Waals surface area contributed by atoms with Gasteiger partial charge in [-0.05, 0) is 29.5 Å². The van der Waals surface area contributed by atoms with Gasteiger partial charge in [-0.1, -0.05) is 23.7 Å². The molecule has 1 aliphatic heterocycles. The van der Waals surface area contributed by atoms with E-state index >= 15 is 0 Å². The van der Waals surface area contributed by atoms with Gasteiger partial charge in [0.25, 0.3) is 11.1 Å². The first-order valence-electron chi connectivity index (χ1n) is 4.45. The second-order valence-corrected chi connectivity index (χ2v) is 4.57. The number of nitrogens with one attached hydrogen (secondary N) is 1. The Kier molecular flexibility index (Phi) is 3.26. The lowest BCUT2D eigenvalue weighted by atomic mass is 10.2. The van der Waals surface area contributed by atoms with Crippen LogP contribution in [-0.2, 0) is 4.79 Å². The lowest BCUT2D eigenvalue weighted by molar-refractivity contribution is -0.118. The molecule has 2 rings (SSSR count). The van der Waals surface area contributed by atoms with Gasteiger partial charge in [0.1, 0.15) is 0 Å². The number of nitrogens with zero attached hydrogens (tertiary/aromatic N) is 1. The van der Waals surface area contributed by atoms with Crippen molar-refractivity contribution in [2.24, 2.45) is 4.99 Å². The Bertz CT molecular complexity index is 458. The number of amides is 2. The van der Waals surface area contributed by atoms with Crippen LogP contribution in [-0.4, -0.2) is 22.7 Å². The molecule has 16 heavy (non-hydrogen) atoms. The van der Waals surface area contributed by atoms with E-state index in [-0.39, 0.29) is 11.1 Å². The van der Waals surface area contributed by atoms with Gasteiger partial charge in [-0.15, -0.1) is 0 Å². The monoisotopic (exact) mass is 254 g/mol. The standard InChI is InChI=1S/C10H7ClN2O2S/c11-7-3-1-6(2-4-7)5-12-9-8(14)13-10(15)16-9/h1-5,9H,(H,13,14,15). The Morgan fingerprint density at radius 3 is 2.56 bits per heavy atom. The lowest BCUT2D eigenvalue weighted by Crippen LogP contribution is -2.23. The zero-order valence-corrected chi connectivity index (χ0v) is 9.59. The molecule has 0 bridgehead atoms. The average molecular weight is 255 g/mol. The van der Waals surface area contributed by atoms with Crippen molar-refractivity contribution in [3.63, 3.8) is 0 Å². The number of hydrogen-bond donors (Lipinski definition) is 1. The van der Waals surface area contributed by atoms with Crippen molar-refractivity contribution in [3.05, 3.63) is 34.9 Å². The van der Waals surface area contributed by atoms with Crippen molar-refractivity contribution in [3.8, 4) is 0 Å². The maximum Gasteiger partial charge on any atom is 0.288 e. The Balaban J connectivity index is 2.07. The highest BCUT2D eigenvalue weighted by molar-refractivity contribution is 8.15. The molecule has 0 radical (unpaired) electrons. The molecule has 1 unspecified atom stereocenters. The first kappa shape index (κ1) is 11.2. The van der Waals surface area contributed by atoms with Gasteiger partial charge >= 0.3 is 0 Å². The highest BCUT2D eigenvalue weighted by atomic mass is 35.5. The molecule has 1 fully saturated rings. The number of aliphatic imine (C=N–C) groups is 1. The van der Waals surface area contributed by atoms with Crippen molar-refractivity contribution in [2.75, 3.05) is 0 Å². The van der Waals surface area contributed by atoms with Crippen LogP contribution >= 0.6 is 23.4 Å². The first-order chi connectivity index (χ1) is 7.65. The number of imide groups is 1. The average Bonchev–Trinajstić information content (AvgIpc) is 2.57.